The molecule has 0 aromatic heterocycles. The number of primary amides is 1. The van der Waals surface area contributed by atoms with Crippen LogP contribution in [0.5, 0.6) is 0 Å². The fraction of sp³-hybridized carbons (Fsp3) is 0.625. The number of rotatable bonds is 8. The Morgan fingerprint density at radius 1 is 1.16 bits per heavy atom. The summed E-state index contributed by atoms with van der Waals surface area (Å²) in [5.41, 5.74) is 11.8. The smallest absolute Gasteiger partial charge is 0.370 e. The zero-order chi connectivity index (χ0) is 28.3. The molecule has 0 saturated carbocycles. The number of nitrogens with two attached hydrogens (primary N) is 2. The molecule has 0 radical (unpaired) electrons. The van der Waals surface area contributed by atoms with Crippen molar-refractivity contribution in [2.24, 2.45) is 17.4 Å². The third kappa shape index (κ3) is 6.64. The van der Waals surface area contributed by atoms with Gasteiger partial charge < -0.3 is 16.4 Å². The van der Waals surface area contributed by atoms with E-state index in [-0.39, 0.29) is 31.4 Å². The number of imide groups is 1. The minimum absolute atomic E-state index is 0.0603. The molecule has 1 aromatic rings. The summed E-state index contributed by atoms with van der Waals surface area (Å²) < 4.78 is 67.0. The van der Waals surface area contributed by atoms with E-state index in [1.165, 1.54) is 0 Å². The number of sulfonamides is 1. The highest BCUT2D eigenvalue weighted by Gasteiger charge is 2.56. The van der Waals surface area contributed by atoms with E-state index in [9.17, 15) is 31.2 Å². The summed E-state index contributed by atoms with van der Waals surface area (Å²) >= 11 is 0. The molecule has 14 heteroatoms. The number of halogens is 3. The lowest BCUT2D eigenvalue weighted by molar-refractivity contribution is -0.784. The quantitative estimate of drug-likeness (QED) is 0.251. The molecular formula is C24H36F3N6O4S+. The van der Waals surface area contributed by atoms with Crippen molar-refractivity contribution < 1.29 is 35.7 Å². The number of quaternary nitrogens is 1. The summed E-state index contributed by atoms with van der Waals surface area (Å²) in [6.45, 7) is 2.07. The summed E-state index contributed by atoms with van der Waals surface area (Å²) in [6, 6.07) is 5.35. The van der Waals surface area contributed by atoms with Gasteiger partial charge in [-0.15, -0.1) is 0 Å². The number of hydrogen-bond donors (Lipinski definition) is 3. The van der Waals surface area contributed by atoms with Gasteiger partial charge in [0.2, 0.25) is 10.0 Å². The van der Waals surface area contributed by atoms with Gasteiger partial charge in [-0.2, -0.15) is 22.0 Å². The maximum atomic E-state index is 14.2. The summed E-state index contributed by atoms with van der Waals surface area (Å²) in [4.78, 5) is 28.5. The number of hydrogen-bond acceptors (Lipinski definition) is 5. The average molecular weight is 562 g/mol. The third-order valence-corrected chi connectivity index (χ3v) is 9.48. The molecule has 10 nitrogen and oxygen atoms in total. The van der Waals surface area contributed by atoms with Crippen LogP contribution in [0.3, 0.4) is 0 Å². The van der Waals surface area contributed by atoms with Crippen molar-refractivity contribution in [3.8, 4) is 0 Å². The molecule has 3 amide bonds. The van der Waals surface area contributed by atoms with Crippen LogP contribution in [0.25, 0.3) is 0 Å². The van der Waals surface area contributed by atoms with Crippen LogP contribution in [0.1, 0.15) is 38.2 Å². The van der Waals surface area contributed by atoms with Gasteiger partial charge in [0.05, 0.1) is 6.54 Å². The van der Waals surface area contributed by atoms with E-state index in [0.29, 0.717) is 48.6 Å². The van der Waals surface area contributed by atoms with Gasteiger partial charge in [0.1, 0.15) is 12.1 Å². The van der Waals surface area contributed by atoms with E-state index in [4.69, 9.17) is 16.9 Å². The van der Waals surface area contributed by atoms with Crippen molar-refractivity contribution in [2.75, 3.05) is 31.9 Å². The second kappa shape index (κ2) is 11.6. The Kier molecular flexibility index (Phi) is 9.09. The number of piperidine rings is 1. The second-order valence-corrected chi connectivity index (χ2v) is 12.1. The highest BCUT2D eigenvalue weighted by atomic mass is 32.2. The molecule has 1 unspecified atom stereocenters. The minimum atomic E-state index is -5.04. The number of alkyl halides is 3. The van der Waals surface area contributed by atoms with Crippen LogP contribution in [0, 0.1) is 11.3 Å². The molecule has 2 fully saturated rings. The summed E-state index contributed by atoms with van der Waals surface area (Å²) in [6.07, 6.45) is -3.51. The predicted molar refractivity (Wildman–Crippen MR) is 135 cm³/mol. The first-order valence-corrected chi connectivity index (χ1v) is 14.2. The molecule has 212 valence electrons. The molecule has 0 aliphatic carbocycles. The van der Waals surface area contributed by atoms with E-state index < -0.39 is 50.5 Å². The maximum Gasteiger partial charge on any atom is 0.421 e. The number of carbonyl (C=O) groups is 2. The van der Waals surface area contributed by atoms with E-state index in [1.54, 1.807) is 42.2 Å². The number of amides is 3. The zero-order valence-corrected chi connectivity index (χ0v) is 22.2. The monoisotopic (exact) mass is 561 g/mol. The number of carbonyl (C=O) groups excluding carboxylic acids is 2. The molecule has 0 bridgehead atoms. The van der Waals surface area contributed by atoms with Crippen molar-refractivity contribution >= 4 is 27.9 Å². The van der Waals surface area contributed by atoms with Gasteiger partial charge in [0.25, 0.3) is 0 Å². The lowest BCUT2D eigenvalue weighted by Crippen LogP contribution is -2.67. The van der Waals surface area contributed by atoms with Gasteiger partial charge >= 0.3 is 18.1 Å². The van der Waals surface area contributed by atoms with Gasteiger partial charge in [0, 0.05) is 38.9 Å². The normalized spacial score (nSPS) is 23.9. The van der Waals surface area contributed by atoms with E-state index in [2.05, 4.69) is 0 Å². The van der Waals surface area contributed by atoms with Crippen LogP contribution in [0.2, 0.25) is 0 Å². The lowest BCUT2D eigenvalue weighted by atomic mass is 9.95. The maximum absolute atomic E-state index is 14.2. The Morgan fingerprint density at radius 3 is 2.24 bits per heavy atom. The molecular weight excluding hydrogens is 525 g/mol. The summed E-state index contributed by atoms with van der Waals surface area (Å²) in [5, 5.41) is 7.60. The third-order valence-electron chi connectivity index (χ3n) is 7.67. The van der Waals surface area contributed by atoms with Crippen LogP contribution in [-0.4, -0.2) is 90.2 Å². The van der Waals surface area contributed by atoms with Crippen LogP contribution < -0.4 is 11.5 Å². The SMILES string of the molecule is C[C@@H]1CCC[N+]1(C(N)=O)C(=O)[C@@H](Cc1ccccc1)N(CC1CCN(C(=N)N)CC1)S(=O)(=O)CC(F)(F)F. The number of nitrogens with one attached hydrogen (secondary N) is 1. The van der Waals surface area contributed by atoms with Crippen LogP contribution >= 0.6 is 0 Å². The highest BCUT2D eigenvalue weighted by molar-refractivity contribution is 7.89. The van der Waals surface area contributed by atoms with Gasteiger partial charge in [-0.25, -0.2) is 18.0 Å². The molecule has 3 rings (SSSR count). The van der Waals surface area contributed by atoms with E-state index in [1.807, 2.05) is 0 Å². The molecule has 3 atom stereocenters. The molecule has 5 N–H and O–H groups in total. The molecule has 0 spiro atoms. The van der Waals surface area contributed by atoms with Crippen molar-refractivity contribution in [1.82, 2.24) is 9.21 Å². The first kappa shape index (κ1) is 29.8. The Balaban J connectivity index is 2.07. The predicted octanol–water partition coefficient (Wildman–Crippen LogP) is 2.00. The molecule has 38 heavy (non-hydrogen) atoms. The van der Waals surface area contributed by atoms with Gasteiger partial charge in [-0.3, -0.25) is 5.41 Å². The average Bonchev–Trinajstić information content (AvgIpc) is 3.22. The van der Waals surface area contributed by atoms with Crippen LogP contribution in [-0.2, 0) is 21.2 Å². The number of nitrogens with zero attached hydrogens (tertiary/aromatic N) is 3. The molecule has 2 heterocycles. The largest absolute Gasteiger partial charge is 0.421 e. The Labute approximate surface area is 220 Å². The number of benzene rings is 1. The fourth-order valence-electron chi connectivity index (χ4n) is 5.59. The highest BCUT2D eigenvalue weighted by Crippen LogP contribution is 2.33. The first-order valence-electron chi connectivity index (χ1n) is 12.6. The van der Waals surface area contributed by atoms with Gasteiger partial charge in [-0.1, -0.05) is 30.3 Å². The number of likely N-dealkylation sites (tertiary alicyclic amines) is 2. The zero-order valence-electron chi connectivity index (χ0n) is 21.4. The standard InChI is InChI=1S/C24H35F3N6O4S/c1-17-6-5-13-33(17,23(30)35)21(34)20(14-18-7-3-2-4-8-18)32(38(36,37)16-24(25,26)27)15-19-9-11-31(12-10-19)22(28)29/h2-4,7-8,17,19-20H,5-6,9-16H2,1H3,(H4-,28,29,30,35)/p+1/t17-,20-,33?/m1/s1. The number of urea groups is 1. The first-order chi connectivity index (χ1) is 17.7. The van der Waals surface area contributed by atoms with Crippen molar-refractivity contribution in [3.05, 3.63) is 35.9 Å². The lowest BCUT2D eigenvalue weighted by Gasteiger charge is -2.40. The van der Waals surface area contributed by atoms with Crippen molar-refractivity contribution in [3.63, 3.8) is 0 Å². The van der Waals surface area contributed by atoms with Gasteiger partial charge in [0.15, 0.2) is 11.7 Å². The van der Waals surface area contributed by atoms with Gasteiger partial charge in [-0.05, 0) is 31.2 Å². The molecule has 2 aliphatic heterocycles. The molecule has 1 aromatic carbocycles. The van der Waals surface area contributed by atoms with Crippen LogP contribution in [0.4, 0.5) is 18.0 Å². The van der Waals surface area contributed by atoms with Crippen LogP contribution in [0.15, 0.2) is 30.3 Å². The Morgan fingerprint density at radius 2 is 1.76 bits per heavy atom. The molecule has 2 saturated heterocycles. The minimum Gasteiger partial charge on any atom is -0.370 e. The number of guanidine groups is 1. The molecule has 2 aliphatic rings. The van der Waals surface area contributed by atoms with E-state index in [0.717, 1.165) is 0 Å². The fourth-order valence-corrected chi connectivity index (χ4v) is 7.16. The summed E-state index contributed by atoms with van der Waals surface area (Å²) in [5.74, 6) is -3.45. The van der Waals surface area contributed by atoms with Crippen molar-refractivity contribution in [2.45, 2.75) is 57.3 Å². The second-order valence-electron chi connectivity index (χ2n) is 10.2. The Bertz CT molecular complexity index is 1130. The topological polar surface area (TPSA) is 151 Å². The van der Waals surface area contributed by atoms with E-state index >= 15 is 0 Å². The van der Waals surface area contributed by atoms with Crippen molar-refractivity contribution in [1.29, 1.82) is 5.41 Å². The Hall–Kier alpha value is -2.71. The summed E-state index contributed by atoms with van der Waals surface area (Å²) in [7, 11) is -5.03.